The number of halogens is 1. The predicted molar refractivity (Wildman–Crippen MR) is 172 cm³/mol. The minimum absolute atomic E-state index is 0.0135. The van der Waals surface area contributed by atoms with E-state index in [0.29, 0.717) is 61.4 Å². The van der Waals surface area contributed by atoms with Gasteiger partial charge < -0.3 is 34.3 Å². The van der Waals surface area contributed by atoms with Crippen LogP contribution < -0.4 is 24.3 Å². The quantitative estimate of drug-likeness (QED) is 0.204. The number of amides is 1. The highest BCUT2D eigenvalue weighted by atomic mass is 35.5. The highest BCUT2D eigenvalue weighted by Crippen LogP contribution is 2.37. The molecule has 1 aromatic heterocycles. The number of nitrogens with zero attached hydrogens (tertiary/aromatic N) is 3. The summed E-state index contributed by atoms with van der Waals surface area (Å²) in [6.07, 6.45) is 2.95. The van der Waals surface area contributed by atoms with Crippen LogP contribution in [0.15, 0.2) is 67.0 Å². The largest absolute Gasteiger partial charge is 0.488 e. The van der Waals surface area contributed by atoms with Crippen molar-refractivity contribution in [2.45, 2.75) is 39.1 Å². The molecule has 1 saturated heterocycles. The van der Waals surface area contributed by atoms with Crippen LogP contribution in [0.1, 0.15) is 34.2 Å². The number of aromatic nitrogens is 1. The van der Waals surface area contributed by atoms with Crippen LogP contribution in [0.3, 0.4) is 0 Å². The lowest BCUT2D eigenvalue weighted by molar-refractivity contribution is 0.154. The third-order valence-corrected chi connectivity index (χ3v) is 8.45. The number of rotatable bonds is 10. The van der Waals surface area contributed by atoms with Crippen LogP contribution in [0.25, 0.3) is 11.1 Å². The van der Waals surface area contributed by atoms with Gasteiger partial charge in [0, 0.05) is 55.3 Å². The maximum atomic E-state index is 11.4. The van der Waals surface area contributed by atoms with Crippen LogP contribution in [-0.4, -0.2) is 53.4 Å². The first-order valence-corrected chi connectivity index (χ1v) is 15.4. The van der Waals surface area contributed by atoms with Crippen LogP contribution >= 0.6 is 11.6 Å². The molecular formula is C35H33ClN4O6. The molecule has 2 N–H and O–H groups in total. The standard InChI is InChI=1S/C35H33ClN4O6/c1-22-26(3-2-4-29(22)25-5-6-31-34(13-25)44-10-9-43-31)21-46-33-14-32(45-20-24-11-23(15-37)16-38-17-24)27(12-30(33)36)18-39-28-7-8-40(19-28)35(41)42/h2-6,11-14,16-17,28,39H,7-10,18-21H2,1H3,(H,41,42)/t28-/m1/s1. The zero-order valence-corrected chi connectivity index (χ0v) is 26.0. The smallest absolute Gasteiger partial charge is 0.407 e. The second kappa shape index (κ2) is 14.0. The zero-order valence-electron chi connectivity index (χ0n) is 25.3. The summed E-state index contributed by atoms with van der Waals surface area (Å²) in [5, 5.41) is 22.4. The number of carboxylic acid groups (broad SMARTS) is 1. The van der Waals surface area contributed by atoms with Crippen molar-refractivity contribution in [1.82, 2.24) is 15.2 Å². The van der Waals surface area contributed by atoms with Gasteiger partial charge in [0.1, 0.15) is 44.0 Å². The average molecular weight is 641 g/mol. The van der Waals surface area contributed by atoms with Gasteiger partial charge in [-0.15, -0.1) is 0 Å². The van der Waals surface area contributed by atoms with E-state index in [-0.39, 0.29) is 19.3 Å². The number of hydrogen-bond donors (Lipinski definition) is 2. The van der Waals surface area contributed by atoms with Crippen molar-refractivity contribution in [2.24, 2.45) is 0 Å². The van der Waals surface area contributed by atoms with E-state index in [0.717, 1.165) is 44.9 Å². The first kappa shape index (κ1) is 31.0. The summed E-state index contributed by atoms with van der Waals surface area (Å²) in [6, 6.07) is 19.5. The van der Waals surface area contributed by atoms with Crippen molar-refractivity contribution < 1.29 is 28.8 Å². The second-order valence-corrected chi connectivity index (χ2v) is 11.6. The van der Waals surface area contributed by atoms with E-state index in [1.165, 1.54) is 11.1 Å². The van der Waals surface area contributed by atoms with Gasteiger partial charge in [-0.05, 0) is 59.9 Å². The van der Waals surface area contributed by atoms with E-state index in [2.05, 4.69) is 29.4 Å². The minimum atomic E-state index is -0.918. The van der Waals surface area contributed by atoms with Gasteiger partial charge >= 0.3 is 6.09 Å². The fourth-order valence-corrected chi connectivity index (χ4v) is 5.86. The molecule has 0 aliphatic carbocycles. The Morgan fingerprint density at radius 1 is 1.07 bits per heavy atom. The summed E-state index contributed by atoms with van der Waals surface area (Å²) in [6.45, 7) is 4.92. The monoisotopic (exact) mass is 640 g/mol. The summed E-state index contributed by atoms with van der Waals surface area (Å²) in [4.78, 5) is 16.9. The molecule has 236 valence electrons. The van der Waals surface area contributed by atoms with E-state index in [4.69, 9.17) is 30.5 Å². The van der Waals surface area contributed by atoms with Crippen molar-refractivity contribution >= 4 is 17.7 Å². The van der Waals surface area contributed by atoms with E-state index in [9.17, 15) is 15.2 Å². The molecule has 2 aliphatic rings. The van der Waals surface area contributed by atoms with E-state index in [1.54, 1.807) is 18.3 Å². The number of nitriles is 1. The number of pyridine rings is 1. The summed E-state index contributed by atoms with van der Waals surface area (Å²) >= 11 is 6.75. The van der Waals surface area contributed by atoms with Gasteiger partial charge in [-0.25, -0.2) is 4.79 Å². The lowest BCUT2D eigenvalue weighted by atomic mass is 9.96. The lowest BCUT2D eigenvalue weighted by Gasteiger charge is -2.20. The molecule has 46 heavy (non-hydrogen) atoms. The summed E-state index contributed by atoms with van der Waals surface area (Å²) in [5.41, 5.74) is 6.15. The van der Waals surface area contributed by atoms with E-state index in [1.807, 2.05) is 36.4 Å². The number of likely N-dealkylation sites (tertiary alicyclic amines) is 1. The van der Waals surface area contributed by atoms with Gasteiger partial charge in [-0.2, -0.15) is 5.26 Å². The Morgan fingerprint density at radius 3 is 2.70 bits per heavy atom. The van der Waals surface area contributed by atoms with Crippen molar-refractivity contribution in [3.8, 4) is 40.2 Å². The molecule has 0 radical (unpaired) electrons. The molecule has 2 aliphatic heterocycles. The van der Waals surface area contributed by atoms with E-state index >= 15 is 0 Å². The SMILES string of the molecule is Cc1c(COc2cc(OCc3cncc(C#N)c3)c(CN[C@@H]3CCN(C(=O)O)C3)cc2Cl)cccc1-c1ccc2c(c1)OCCO2. The summed E-state index contributed by atoms with van der Waals surface area (Å²) in [5.74, 6) is 2.51. The topological polar surface area (TPSA) is 126 Å². The van der Waals surface area contributed by atoms with Crippen LogP contribution in [-0.2, 0) is 19.8 Å². The van der Waals surface area contributed by atoms with Crippen LogP contribution in [0.5, 0.6) is 23.0 Å². The zero-order chi connectivity index (χ0) is 32.0. The third-order valence-electron chi connectivity index (χ3n) is 8.16. The molecule has 1 amide bonds. The summed E-state index contributed by atoms with van der Waals surface area (Å²) < 4.78 is 24.0. The fourth-order valence-electron chi connectivity index (χ4n) is 5.62. The molecule has 11 heteroatoms. The maximum Gasteiger partial charge on any atom is 0.407 e. The Bertz CT molecular complexity index is 1790. The third kappa shape index (κ3) is 7.12. The predicted octanol–water partition coefficient (Wildman–Crippen LogP) is 6.35. The molecule has 1 fully saturated rings. The fraction of sp³-hybridized carbons (Fsp3) is 0.286. The van der Waals surface area contributed by atoms with Crippen molar-refractivity contribution in [2.75, 3.05) is 26.3 Å². The van der Waals surface area contributed by atoms with Gasteiger partial charge in [0.2, 0.25) is 0 Å². The minimum Gasteiger partial charge on any atom is -0.488 e. The number of fused-ring (bicyclic) bond motifs is 1. The van der Waals surface area contributed by atoms with Gasteiger partial charge in [0.05, 0.1) is 10.6 Å². The lowest BCUT2D eigenvalue weighted by Crippen LogP contribution is -2.34. The second-order valence-electron chi connectivity index (χ2n) is 11.2. The maximum absolute atomic E-state index is 11.4. The average Bonchev–Trinajstić information content (AvgIpc) is 3.56. The first-order valence-electron chi connectivity index (χ1n) is 15.0. The van der Waals surface area contributed by atoms with Crippen LogP contribution in [0.4, 0.5) is 4.79 Å². The Balaban J connectivity index is 1.21. The molecule has 0 spiro atoms. The van der Waals surface area contributed by atoms with Gasteiger partial charge in [0.15, 0.2) is 11.5 Å². The van der Waals surface area contributed by atoms with Gasteiger partial charge in [-0.3, -0.25) is 4.98 Å². The molecule has 0 saturated carbocycles. The first-order chi connectivity index (χ1) is 22.4. The van der Waals surface area contributed by atoms with Gasteiger partial charge in [0.25, 0.3) is 0 Å². The highest BCUT2D eigenvalue weighted by Gasteiger charge is 2.26. The van der Waals surface area contributed by atoms with Crippen LogP contribution in [0, 0.1) is 18.3 Å². The van der Waals surface area contributed by atoms with E-state index < -0.39 is 6.09 Å². The Kier molecular flexibility index (Phi) is 9.43. The molecule has 3 heterocycles. The Morgan fingerprint density at radius 2 is 1.89 bits per heavy atom. The van der Waals surface area contributed by atoms with Gasteiger partial charge in [-0.1, -0.05) is 35.9 Å². The number of benzene rings is 3. The molecular weight excluding hydrogens is 608 g/mol. The number of nitrogens with one attached hydrogen (secondary N) is 1. The number of carbonyl (C=O) groups is 1. The number of ether oxygens (including phenoxy) is 4. The van der Waals surface area contributed by atoms with Crippen molar-refractivity contribution in [3.63, 3.8) is 0 Å². The van der Waals surface area contributed by atoms with Crippen molar-refractivity contribution in [3.05, 3.63) is 99.8 Å². The summed E-state index contributed by atoms with van der Waals surface area (Å²) in [7, 11) is 0. The molecule has 1 atom stereocenters. The Hall–Kier alpha value is -4.98. The molecule has 0 unspecified atom stereocenters. The molecule has 4 aromatic rings. The molecule has 10 nitrogen and oxygen atoms in total. The number of hydrogen-bond acceptors (Lipinski definition) is 8. The molecule has 6 rings (SSSR count). The molecule has 0 bridgehead atoms. The highest BCUT2D eigenvalue weighted by molar-refractivity contribution is 6.32. The Labute approximate surface area is 272 Å². The van der Waals surface area contributed by atoms with Crippen molar-refractivity contribution in [1.29, 1.82) is 5.26 Å². The normalized spacial score (nSPS) is 15.3. The molecule has 3 aromatic carbocycles. The van der Waals surface area contributed by atoms with Crippen LogP contribution in [0.2, 0.25) is 5.02 Å².